The van der Waals surface area contributed by atoms with Gasteiger partial charge >= 0.3 is 0 Å². The van der Waals surface area contributed by atoms with Gasteiger partial charge in [0.2, 0.25) is 0 Å². The molecule has 2 heterocycles. The Morgan fingerprint density at radius 2 is 1.08 bits per heavy atom. The zero-order valence-corrected chi connectivity index (χ0v) is 14.2. The van der Waals surface area contributed by atoms with Gasteiger partial charge in [-0.2, -0.15) is 0 Å². The summed E-state index contributed by atoms with van der Waals surface area (Å²) < 4.78 is 10.5. The van der Waals surface area contributed by atoms with E-state index in [4.69, 9.17) is 9.47 Å². The molecule has 0 atom stereocenters. The minimum atomic E-state index is 0.0570. The third kappa shape index (κ3) is 2.43. The standard InChI is InChI=1S/C20H16N2O4/c1-25-19-5-13-11(3-17(19)23)7-21-9-15(13)16-10-22-8-12-4-18(24)20(26-2)6-14(12)16/h3-10,23-24H,1-2H3. The van der Waals surface area contributed by atoms with Gasteiger partial charge in [-0.05, 0) is 35.0 Å². The fourth-order valence-electron chi connectivity index (χ4n) is 3.13. The fourth-order valence-corrected chi connectivity index (χ4v) is 3.13. The first-order valence-corrected chi connectivity index (χ1v) is 7.92. The molecule has 2 aromatic carbocycles. The number of pyridine rings is 2. The van der Waals surface area contributed by atoms with Gasteiger partial charge in [0.15, 0.2) is 23.0 Å². The van der Waals surface area contributed by atoms with E-state index in [0.717, 1.165) is 32.7 Å². The molecule has 0 saturated heterocycles. The van der Waals surface area contributed by atoms with Crippen LogP contribution >= 0.6 is 0 Å². The molecule has 4 aromatic rings. The molecule has 26 heavy (non-hydrogen) atoms. The molecule has 0 aliphatic heterocycles. The molecule has 130 valence electrons. The molecular weight excluding hydrogens is 332 g/mol. The number of hydrogen-bond acceptors (Lipinski definition) is 6. The zero-order valence-electron chi connectivity index (χ0n) is 14.2. The molecule has 0 aliphatic carbocycles. The van der Waals surface area contributed by atoms with Crippen molar-refractivity contribution >= 4 is 21.5 Å². The summed E-state index contributed by atoms with van der Waals surface area (Å²) in [4.78, 5) is 8.58. The highest BCUT2D eigenvalue weighted by Crippen LogP contribution is 2.40. The average molecular weight is 348 g/mol. The Balaban J connectivity index is 2.07. The number of methoxy groups -OCH3 is 2. The van der Waals surface area contributed by atoms with Gasteiger partial charge in [-0.25, -0.2) is 0 Å². The van der Waals surface area contributed by atoms with Crippen molar-refractivity contribution < 1.29 is 19.7 Å². The van der Waals surface area contributed by atoms with Crippen LogP contribution in [0.5, 0.6) is 23.0 Å². The van der Waals surface area contributed by atoms with Crippen LogP contribution in [0.15, 0.2) is 49.1 Å². The van der Waals surface area contributed by atoms with E-state index in [-0.39, 0.29) is 11.5 Å². The molecule has 0 unspecified atom stereocenters. The molecule has 0 radical (unpaired) electrons. The van der Waals surface area contributed by atoms with Crippen LogP contribution in [-0.2, 0) is 0 Å². The second-order valence-corrected chi connectivity index (χ2v) is 5.86. The van der Waals surface area contributed by atoms with Crippen molar-refractivity contribution in [3.8, 4) is 34.1 Å². The number of phenols is 2. The highest BCUT2D eigenvalue weighted by atomic mass is 16.5. The Morgan fingerprint density at radius 1 is 0.654 bits per heavy atom. The number of ether oxygens (including phenoxy) is 2. The molecule has 2 N–H and O–H groups in total. The maximum Gasteiger partial charge on any atom is 0.161 e. The number of nitrogens with zero attached hydrogens (tertiary/aromatic N) is 2. The molecule has 0 spiro atoms. The smallest absolute Gasteiger partial charge is 0.161 e. The van der Waals surface area contributed by atoms with Gasteiger partial charge in [-0.15, -0.1) is 0 Å². The summed E-state index contributed by atoms with van der Waals surface area (Å²) in [5, 5.41) is 23.4. The predicted molar refractivity (Wildman–Crippen MR) is 98.9 cm³/mol. The summed E-state index contributed by atoms with van der Waals surface area (Å²) >= 11 is 0. The molecule has 6 nitrogen and oxygen atoms in total. The van der Waals surface area contributed by atoms with Crippen LogP contribution in [0, 0.1) is 0 Å². The van der Waals surface area contributed by atoms with Crippen molar-refractivity contribution in [1.29, 1.82) is 0 Å². The monoisotopic (exact) mass is 348 g/mol. The third-order valence-electron chi connectivity index (χ3n) is 4.41. The average Bonchev–Trinajstić information content (AvgIpc) is 2.65. The minimum absolute atomic E-state index is 0.0570. The van der Waals surface area contributed by atoms with Crippen molar-refractivity contribution in [1.82, 2.24) is 9.97 Å². The fraction of sp³-hybridized carbons (Fsp3) is 0.100. The van der Waals surface area contributed by atoms with Gasteiger partial charge < -0.3 is 19.7 Å². The van der Waals surface area contributed by atoms with E-state index >= 15 is 0 Å². The van der Waals surface area contributed by atoms with Crippen LogP contribution in [0.2, 0.25) is 0 Å². The molecule has 0 saturated carbocycles. The summed E-state index contributed by atoms with van der Waals surface area (Å²) in [6.07, 6.45) is 6.86. The quantitative estimate of drug-likeness (QED) is 0.584. The first-order chi connectivity index (χ1) is 12.6. The van der Waals surface area contributed by atoms with Crippen molar-refractivity contribution in [2.24, 2.45) is 0 Å². The highest BCUT2D eigenvalue weighted by molar-refractivity contribution is 6.05. The molecule has 0 amide bonds. The van der Waals surface area contributed by atoms with E-state index in [2.05, 4.69) is 9.97 Å². The molecule has 4 rings (SSSR count). The minimum Gasteiger partial charge on any atom is -0.504 e. The number of rotatable bonds is 3. The number of phenolic OH excluding ortho intramolecular Hbond substituents is 2. The van der Waals surface area contributed by atoms with Crippen molar-refractivity contribution in [3.05, 3.63) is 49.1 Å². The summed E-state index contributed by atoms with van der Waals surface area (Å²) in [6.45, 7) is 0. The van der Waals surface area contributed by atoms with Crippen LogP contribution in [0.25, 0.3) is 32.7 Å². The lowest BCUT2D eigenvalue weighted by molar-refractivity contribution is 0.374. The Hall–Kier alpha value is -3.54. The normalized spacial score (nSPS) is 11.0. The van der Waals surface area contributed by atoms with Gasteiger partial charge in [0, 0.05) is 46.7 Å². The molecule has 0 bridgehead atoms. The van der Waals surface area contributed by atoms with E-state index < -0.39 is 0 Å². The summed E-state index contributed by atoms with van der Waals surface area (Å²) in [7, 11) is 3.02. The van der Waals surface area contributed by atoms with E-state index in [1.54, 1.807) is 49.1 Å². The molecule has 0 aliphatic rings. The number of aromatic nitrogens is 2. The topological polar surface area (TPSA) is 84.7 Å². The van der Waals surface area contributed by atoms with Crippen LogP contribution in [-0.4, -0.2) is 34.4 Å². The maximum absolute atomic E-state index is 10.0. The van der Waals surface area contributed by atoms with E-state index in [1.165, 1.54) is 14.2 Å². The molecule has 0 fully saturated rings. The van der Waals surface area contributed by atoms with Crippen LogP contribution < -0.4 is 9.47 Å². The third-order valence-corrected chi connectivity index (χ3v) is 4.41. The lowest BCUT2D eigenvalue weighted by atomic mass is 9.97. The van der Waals surface area contributed by atoms with Gasteiger partial charge in [0.1, 0.15) is 0 Å². The van der Waals surface area contributed by atoms with Gasteiger partial charge in [0.05, 0.1) is 14.2 Å². The SMILES string of the molecule is COc1cc2c(-c3cncc4cc(O)c(OC)cc34)cncc2cc1O. The summed E-state index contributed by atoms with van der Waals surface area (Å²) in [5.74, 6) is 0.880. The predicted octanol–water partition coefficient (Wildman–Crippen LogP) is 3.88. The largest absolute Gasteiger partial charge is 0.504 e. The molecule has 2 aromatic heterocycles. The number of aromatic hydroxyl groups is 2. The second-order valence-electron chi connectivity index (χ2n) is 5.86. The second kappa shape index (κ2) is 6.07. The first kappa shape index (κ1) is 16.0. The Kier molecular flexibility index (Phi) is 3.73. The van der Waals surface area contributed by atoms with Gasteiger partial charge in [0.25, 0.3) is 0 Å². The zero-order chi connectivity index (χ0) is 18.3. The van der Waals surface area contributed by atoms with Crippen LogP contribution in [0.1, 0.15) is 0 Å². The van der Waals surface area contributed by atoms with Gasteiger partial charge in [-0.1, -0.05) is 0 Å². The number of fused-ring (bicyclic) bond motifs is 2. The van der Waals surface area contributed by atoms with Crippen molar-refractivity contribution in [3.63, 3.8) is 0 Å². The number of hydrogen-bond donors (Lipinski definition) is 2. The molecule has 6 heteroatoms. The van der Waals surface area contributed by atoms with E-state index in [1.807, 2.05) is 0 Å². The first-order valence-electron chi connectivity index (χ1n) is 7.92. The van der Waals surface area contributed by atoms with Crippen molar-refractivity contribution in [2.75, 3.05) is 14.2 Å². The van der Waals surface area contributed by atoms with Crippen LogP contribution in [0.3, 0.4) is 0 Å². The summed E-state index contributed by atoms with van der Waals surface area (Å²) in [6, 6.07) is 6.79. The van der Waals surface area contributed by atoms with E-state index in [9.17, 15) is 10.2 Å². The number of benzene rings is 2. The molecular formula is C20H16N2O4. The lowest BCUT2D eigenvalue weighted by Gasteiger charge is -2.12. The van der Waals surface area contributed by atoms with E-state index in [0.29, 0.717) is 11.5 Å². The van der Waals surface area contributed by atoms with Crippen LogP contribution in [0.4, 0.5) is 0 Å². The van der Waals surface area contributed by atoms with Crippen molar-refractivity contribution in [2.45, 2.75) is 0 Å². The Morgan fingerprint density at radius 3 is 1.46 bits per heavy atom. The Bertz CT molecular complexity index is 1050. The maximum atomic E-state index is 10.0. The summed E-state index contributed by atoms with van der Waals surface area (Å²) in [5.41, 5.74) is 1.68. The van der Waals surface area contributed by atoms with Gasteiger partial charge in [-0.3, -0.25) is 9.97 Å². The highest BCUT2D eigenvalue weighted by Gasteiger charge is 2.14. The lowest BCUT2D eigenvalue weighted by Crippen LogP contribution is -1.91. The Labute approximate surface area is 149 Å².